The van der Waals surface area contributed by atoms with Gasteiger partial charge in [0.25, 0.3) is 5.91 Å². The number of thiophene rings is 1. The van der Waals surface area contributed by atoms with Crippen molar-refractivity contribution >= 4 is 28.6 Å². The Labute approximate surface area is 156 Å². The quantitative estimate of drug-likeness (QED) is 0.604. The molecule has 0 aliphatic heterocycles. The van der Waals surface area contributed by atoms with E-state index in [0.29, 0.717) is 18.8 Å². The van der Waals surface area contributed by atoms with Gasteiger partial charge in [0.15, 0.2) is 0 Å². The number of carbonyl (C=O) groups excluding carboxylic acids is 1. The Bertz CT molecular complexity index is 826. The number of carbonyl (C=O) groups is 1. The van der Waals surface area contributed by atoms with Crippen LogP contribution in [0, 0.1) is 6.92 Å². The van der Waals surface area contributed by atoms with Gasteiger partial charge in [-0.15, -0.1) is 22.7 Å². The average molecular weight is 372 g/mol. The summed E-state index contributed by atoms with van der Waals surface area (Å²) in [6, 6.07) is 9.95. The SMILES string of the molecule is CCCc1nc(C(=O)N(Cc2ccccn2)Cc2ccc(C)s2)cs1. The number of nitrogens with zero attached hydrogens (tertiary/aromatic N) is 3. The maximum Gasteiger partial charge on any atom is 0.274 e. The van der Waals surface area contributed by atoms with E-state index in [9.17, 15) is 4.79 Å². The molecule has 0 unspecified atom stereocenters. The first-order valence-electron chi connectivity index (χ1n) is 8.34. The van der Waals surface area contributed by atoms with Crippen LogP contribution in [0.15, 0.2) is 41.9 Å². The minimum atomic E-state index is -0.0321. The van der Waals surface area contributed by atoms with Crippen molar-refractivity contribution in [1.29, 1.82) is 0 Å². The molecular formula is C19H21N3OS2. The largest absolute Gasteiger partial charge is 0.326 e. The summed E-state index contributed by atoms with van der Waals surface area (Å²) in [6.45, 7) is 5.26. The van der Waals surface area contributed by atoms with Gasteiger partial charge in [-0.25, -0.2) is 4.98 Å². The zero-order valence-electron chi connectivity index (χ0n) is 14.4. The standard InChI is InChI=1S/C19H21N3OS2/c1-3-6-18-21-17(13-24-18)19(23)22(11-15-7-4-5-10-20-15)12-16-9-8-14(2)25-16/h4-5,7-10,13H,3,6,11-12H2,1-2H3. The van der Waals surface area contributed by atoms with E-state index in [4.69, 9.17) is 0 Å². The Hall–Kier alpha value is -2.05. The van der Waals surface area contributed by atoms with Crippen molar-refractivity contribution in [3.63, 3.8) is 0 Å². The van der Waals surface area contributed by atoms with E-state index in [0.717, 1.165) is 23.5 Å². The molecule has 0 aromatic carbocycles. The van der Waals surface area contributed by atoms with E-state index in [1.54, 1.807) is 28.9 Å². The van der Waals surface area contributed by atoms with Crippen LogP contribution >= 0.6 is 22.7 Å². The average Bonchev–Trinajstić information content (AvgIpc) is 3.24. The van der Waals surface area contributed by atoms with Crippen LogP contribution in [-0.4, -0.2) is 20.8 Å². The molecule has 3 heterocycles. The third-order valence-electron chi connectivity index (χ3n) is 3.74. The topological polar surface area (TPSA) is 46.1 Å². The Balaban J connectivity index is 1.82. The molecule has 0 N–H and O–H groups in total. The molecule has 6 heteroatoms. The molecular weight excluding hydrogens is 350 g/mol. The van der Waals surface area contributed by atoms with E-state index in [-0.39, 0.29) is 5.91 Å². The van der Waals surface area contributed by atoms with Gasteiger partial charge in [0.2, 0.25) is 0 Å². The van der Waals surface area contributed by atoms with Crippen molar-refractivity contribution in [3.8, 4) is 0 Å². The molecule has 130 valence electrons. The molecule has 0 aliphatic carbocycles. The molecule has 3 rings (SSSR count). The summed E-state index contributed by atoms with van der Waals surface area (Å²) in [7, 11) is 0. The zero-order valence-corrected chi connectivity index (χ0v) is 16.1. The fourth-order valence-corrected chi connectivity index (χ4v) is 4.33. The number of rotatable bonds is 7. The van der Waals surface area contributed by atoms with Gasteiger partial charge in [-0.05, 0) is 44.0 Å². The minimum Gasteiger partial charge on any atom is -0.326 e. The molecule has 0 aliphatic rings. The van der Waals surface area contributed by atoms with Gasteiger partial charge in [0.1, 0.15) is 5.69 Å². The van der Waals surface area contributed by atoms with Crippen molar-refractivity contribution in [2.24, 2.45) is 0 Å². The number of hydrogen-bond donors (Lipinski definition) is 0. The Morgan fingerprint density at radius 1 is 1.20 bits per heavy atom. The second kappa shape index (κ2) is 8.36. The summed E-state index contributed by atoms with van der Waals surface area (Å²) >= 11 is 3.29. The van der Waals surface area contributed by atoms with Crippen LogP contribution in [0.2, 0.25) is 0 Å². The van der Waals surface area contributed by atoms with Crippen molar-refractivity contribution in [3.05, 3.63) is 68.1 Å². The molecule has 0 fully saturated rings. The predicted molar refractivity (Wildman–Crippen MR) is 103 cm³/mol. The molecule has 4 nitrogen and oxygen atoms in total. The second-order valence-corrected chi connectivity index (χ2v) is 8.19. The summed E-state index contributed by atoms with van der Waals surface area (Å²) in [5, 5.41) is 2.90. The van der Waals surface area contributed by atoms with Gasteiger partial charge in [-0.3, -0.25) is 9.78 Å². The molecule has 0 atom stereocenters. The van der Waals surface area contributed by atoms with Crippen LogP contribution < -0.4 is 0 Å². The van der Waals surface area contributed by atoms with Crippen molar-refractivity contribution in [1.82, 2.24) is 14.9 Å². The lowest BCUT2D eigenvalue weighted by molar-refractivity contribution is 0.0724. The van der Waals surface area contributed by atoms with Crippen LogP contribution in [-0.2, 0) is 19.5 Å². The van der Waals surface area contributed by atoms with Crippen molar-refractivity contribution in [2.75, 3.05) is 0 Å². The van der Waals surface area contributed by atoms with E-state index in [1.165, 1.54) is 9.75 Å². The van der Waals surface area contributed by atoms with Gasteiger partial charge in [0.05, 0.1) is 23.8 Å². The van der Waals surface area contributed by atoms with E-state index in [2.05, 4.69) is 35.9 Å². The van der Waals surface area contributed by atoms with Crippen LogP contribution in [0.4, 0.5) is 0 Å². The van der Waals surface area contributed by atoms with Gasteiger partial charge in [0, 0.05) is 21.3 Å². The lowest BCUT2D eigenvalue weighted by Crippen LogP contribution is -2.30. The number of pyridine rings is 1. The summed E-state index contributed by atoms with van der Waals surface area (Å²) in [5.41, 5.74) is 1.42. The van der Waals surface area contributed by atoms with E-state index >= 15 is 0 Å². The monoisotopic (exact) mass is 371 g/mol. The van der Waals surface area contributed by atoms with Gasteiger partial charge < -0.3 is 4.90 Å². The predicted octanol–water partition coefficient (Wildman–Crippen LogP) is 4.70. The Morgan fingerprint density at radius 2 is 2.08 bits per heavy atom. The van der Waals surface area contributed by atoms with Gasteiger partial charge >= 0.3 is 0 Å². The molecule has 3 aromatic heterocycles. The second-order valence-electron chi connectivity index (χ2n) is 5.87. The summed E-state index contributed by atoms with van der Waals surface area (Å²) in [6.07, 6.45) is 3.71. The Morgan fingerprint density at radius 3 is 2.76 bits per heavy atom. The lowest BCUT2D eigenvalue weighted by Gasteiger charge is -2.21. The molecule has 1 amide bonds. The van der Waals surface area contributed by atoms with E-state index < -0.39 is 0 Å². The van der Waals surface area contributed by atoms with E-state index in [1.807, 2.05) is 28.5 Å². The fourth-order valence-electron chi connectivity index (χ4n) is 2.54. The van der Waals surface area contributed by atoms with Crippen molar-refractivity contribution < 1.29 is 4.79 Å². The highest BCUT2D eigenvalue weighted by Gasteiger charge is 2.20. The maximum absolute atomic E-state index is 13.0. The third kappa shape index (κ3) is 4.74. The first kappa shape index (κ1) is 17.8. The normalized spacial score (nSPS) is 10.8. The minimum absolute atomic E-state index is 0.0321. The lowest BCUT2D eigenvalue weighted by atomic mass is 10.3. The maximum atomic E-state index is 13.0. The molecule has 3 aromatic rings. The van der Waals surface area contributed by atoms with Crippen LogP contribution in [0.5, 0.6) is 0 Å². The molecule has 25 heavy (non-hydrogen) atoms. The van der Waals surface area contributed by atoms with Gasteiger partial charge in [-0.1, -0.05) is 13.0 Å². The molecule has 0 spiro atoms. The van der Waals surface area contributed by atoms with Crippen LogP contribution in [0.25, 0.3) is 0 Å². The van der Waals surface area contributed by atoms with Crippen LogP contribution in [0.3, 0.4) is 0 Å². The number of amides is 1. The van der Waals surface area contributed by atoms with Crippen molar-refractivity contribution in [2.45, 2.75) is 39.8 Å². The Kier molecular flexibility index (Phi) is 5.94. The number of aryl methyl sites for hydroxylation is 2. The number of hydrogen-bond acceptors (Lipinski definition) is 5. The number of thiazole rings is 1. The highest BCUT2D eigenvalue weighted by Crippen LogP contribution is 2.21. The highest BCUT2D eigenvalue weighted by molar-refractivity contribution is 7.11. The first-order valence-corrected chi connectivity index (χ1v) is 10.0. The number of aromatic nitrogens is 2. The summed E-state index contributed by atoms with van der Waals surface area (Å²) in [4.78, 5) is 26.2. The fraction of sp³-hybridized carbons (Fsp3) is 0.316. The molecule has 0 bridgehead atoms. The third-order valence-corrected chi connectivity index (χ3v) is 5.64. The zero-order chi connectivity index (χ0) is 17.6. The van der Waals surface area contributed by atoms with Gasteiger partial charge in [-0.2, -0.15) is 0 Å². The first-order chi connectivity index (χ1) is 12.2. The molecule has 0 radical (unpaired) electrons. The highest BCUT2D eigenvalue weighted by atomic mass is 32.1. The smallest absolute Gasteiger partial charge is 0.274 e. The molecule has 0 saturated heterocycles. The summed E-state index contributed by atoms with van der Waals surface area (Å²) < 4.78 is 0. The van der Waals surface area contributed by atoms with Crippen LogP contribution in [0.1, 0.15) is 44.3 Å². The molecule has 0 saturated carbocycles. The summed E-state index contributed by atoms with van der Waals surface area (Å²) in [5.74, 6) is -0.0321.